The average molecular weight is 225 g/mol. The van der Waals surface area contributed by atoms with Crippen molar-refractivity contribution in [1.82, 2.24) is 5.32 Å². The van der Waals surface area contributed by atoms with Crippen LogP contribution in [-0.2, 0) is 11.3 Å². The number of nitrogens with one attached hydrogen (secondary N) is 1. The van der Waals surface area contributed by atoms with Gasteiger partial charge in [-0.05, 0) is 11.4 Å². The van der Waals surface area contributed by atoms with Crippen LogP contribution in [0.2, 0.25) is 0 Å². The fraction of sp³-hybridized carbons (Fsp3) is 0.455. The maximum Gasteiger partial charge on any atom is 0.0898 e. The van der Waals surface area contributed by atoms with Crippen molar-refractivity contribution in [2.45, 2.75) is 12.7 Å². The van der Waals surface area contributed by atoms with Crippen LogP contribution in [0.1, 0.15) is 4.88 Å². The first-order valence-electron chi connectivity index (χ1n) is 4.75. The smallest absolute Gasteiger partial charge is 0.0898 e. The second-order valence-corrected chi connectivity index (χ2v) is 4.12. The summed E-state index contributed by atoms with van der Waals surface area (Å²) in [4.78, 5) is 1.17. The zero-order valence-corrected chi connectivity index (χ0v) is 9.30. The highest BCUT2D eigenvalue weighted by Gasteiger charge is 2.03. The standard InChI is InChI=1S/C11H15NO2S/c1-2-5-12-7-10(13)8-14-9-11-4-3-6-15-11/h1,3-4,6,10,12-13H,5,7-9H2. The highest BCUT2D eigenvalue weighted by molar-refractivity contribution is 7.09. The predicted molar refractivity (Wildman–Crippen MR) is 61.7 cm³/mol. The molecule has 1 heterocycles. The Morgan fingerprint density at radius 3 is 3.20 bits per heavy atom. The number of terminal acetylenes is 1. The molecule has 0 aromatic carbocycles. The van der Waals surface area contributed by atoms with Crippen LogP contribution in [0.4, 0.5) is 0 Å². The molecule has 2 N–H and O–H groups in total. The predicted octanol–water partition coefficient (Wildman–Crippen LogP) is 0.848. The topological polar surface area (TPSA) is 41.5 Å². The summed E-state index contributed by atoms with van der Waals surface area (Å²) in [6.07, 6.45) is 4.55. The lowest BCUT2D eigenvalue weighted by Crippen LogP contribution is -2.30. The minimum Gasteiger partial charge on any atom is -0.389 e. The minimum atomic E-state index is -0.502. The molecule has 0 spiro atoms. The van der Waals surface area contributed by atoms with Gasteiger partial charge in [0.1, 0.15) is 0 Å². The van der Waals surface area contributed by atoms with E-state index in [1.54, 1.807) is 11.3 Å². The second kappa shape index (κ2) is 7.43. The lowest BCUT2D eigenvalue weighted by atomic mass is 10.4. The van der Waals surface area contributed by atoms with E-state index in [-0.39, 0.29) is 0 Å². The number of ether oxygens (including phenoxy) is 1. The molecule has 0 fully saturated rings. The van der Waals surface area contributed by atoms with Gasteiger partial charge in [0.25, 0.3) is 0 Å². The van der Waals surface area contributed by atoms with Crippen molar-refractivity contribution < 1.29 is 9.84 Å². The second-order valence-electron chi connectivity index (χ2n) is 3.08. The Bertz CT molecular complexity index is 292. The van der Waals surface area contributed by atoms with Crippen LogP contribution < -0.4 is 5.32 Å². The lowest BCUT2D eigenvalue weighted by Gasteiger charge is -2.10. The van der Waals surface area contributed by atoms with E-state index in [0.717, 1.165) is 0 Å². The first-order valence-corrected chi connectivity index (χ1v) is 5.63. The quantitative estimate of drug-likeness (QED) is 0.534. The van der Waals surface area contributed by atoms with Crippen LogP contribution in [0.25, 0.3) is 0 Å². The van der Waals surface area contributed by atoms with Gasteiger partial charge in [0.2, 0.25) is 0 Å². The number of thiophene rings is 1. The number of rotatable bonds is 7. The SMILES string of the molecule is C#CCNCC(O)COCc1cccs1. The van der Waals surface area contributed by atoms with E-state index in [2.05, 4.69) is 11.2 Å². The van der Waals surface area contributed by atoms with Crippen molar-refractivity contribution in [2.24, 2.45) is 0 Å². The Morgan fingerprint density at radius 2 is 2.53 bits per heavy atom. The molecule has 1 atom stereocenters. The molecule has 0 aliphatic carbocycles. The molecule has 1 rings (SSSR count). The summed E-state index contributed by atoms with van der Waals surface area (Å²) in [6, 6.07) is 3.99. The molecule has 1 aromatic heterocycles. The van der Waals surface area contributed by atoms with E-state index in [9.17, 15) is 5.11 Å². The lowest BCUT2D eigenvalue weighted by molar-refractivity contribution is 0.0304. The molecule has 0 aliphatic heterocycles. The van der Waals surface area contributed by atoms with Crippen LogP contribution in [0.3, 0.4) is 0 Å². The van der Waals surface area contributed by atoms with Gasteiger partial charge in [-0.15, -0.1) is 17.8 Å². The largest absolute Gasteiger partial charge is 0.389 e. The van der Waals surface area contributed by atoms with Crippen LogP contribution in [0, 0.1) is 12.3 Å². The summed E-state index contributed by atoms with van der Waals surface area (Å²) in [5.41, 5.74) is 0. The number of hydrogen-bond acceptors (Lipinski definition) is 4. The molecule has 0 bridgehead atoms. The van der Waals surface area contributed by atoms with E-state index < -0.39 is 6.10 Å². The average Bonchev–Trinajstić information content (AvgIpc) is 2.71. The Kier molecular flexibility index (Phi) is 6.05. The third kappa shape index (κ3) is 5.55. The molecule has 0 aliphatic rings. The van der Waals surface area contributed by atoms with E-state index in [1.807, 2.05) is 17.5 Å². The van der Waals surface area contributed by atoms with E-state index >= 15 is 0 Å². The molecule has 1 unspecified atom stereocenters. The summed E-state index contributed by atoms with van der Waals surface area (Å²) in [7, 11) is 0. The number of hydrogen-bond donors (Lipinski definition) is 2. The molecule has 0 saturated carbocycles. The maximum absolute atomic E-state index is 9.45. The summed E-state index contributed by atoms with van der Waals surface area (Å²) < 4.78 is 5.34. The molecule has 0 saturated heterocycles. The Morgan fingerprint density at radius 1 is 1.67 bits per heavy atom. The first-order chi connectivity index (χ1) is 7.33. The normalized spacial score (nSPS) is 12.3. The van der Waals surface area contributed by atoms with Crippen LogP contribution in [0.5, 0.6) is 0 Å². The molecule has 1 aromatic rings. The monoisotopic (exact) mass is 225 g/mol. The van der Waals surface area contributed by atoms with E-state index in [0.29, 0.717) is 26.3 Å². The van der Waals surface area contributed by atoms with Gasteiger partial charge in [0.15, 0.2) is 0 Å². The van der Waals surface area contributed by atoms with Gasteiger partial charge >= 0.3 is 0 Å². The van der Waals surface area contributed by atoms with Gasteiger partial charge in [0.05, 0.1) is 25.9 Å². The highest BCUT2D eigenvalue weighted by atomic mass is 32.1. The van der Waals surface area contributed by atoms with Gasteiger partial charge in [0, 0.05) is 11.4 Å². The molecular weight excluding hydrogens is 210 g/mol. The first kappa shape index (κ1) is 12.2. The van der Waals surface area contributed by atoms with Crippen LogP contribution in [-0.4, -0.2) is 30.9 Å². The van der Waals surface area contributed by atoms with Gasteiger partial charge in [-0.3, -0.25) is 0 Å². The van der Waals surface area contributed by atoms with Crippen molar-refractivity contribution in [3.05, 3.63) is 22.4 Å². The fourth-order valence-corrected chi connectivity index (χ4v) is 1.70. The molecular formula is C11H15NO2S. The van der Waals surface area contributed by atoms with Crippen molar-refractivity contribution in [1.29, 1.82) is 0 Å². The van der Waals surface area contributed by atoms with Crippen molar-refractivity contribution in [2.75, 3.05) is 19.7 Å². The van der Waals surface area contributed by atoms with Gasteiger partial charge < -0.3 is 15.2 Å². The van der Waals surface area contributed by atoms with Crippen LogP contribution >= 0.6 is 11.3 Å². The molecule has 0 amide bonds. The fourth-order valence-electron chi connectivity index (χ4n) is 1.06. The third-order valence-corrected chi connectivity index (χ3v) is 2.59. The summed E-state index contributed by atoms with van der Waals surface area (Å²) in [6.45, 7) is 1.83. The van der Waals surface area contributed by atoms with Gasteiger partial charge in [-0.25, -0.2) is 0 Å². The zero-order valence-electron chi connectivity index (χ0n) is 8.48. The number of aliphatic hydroxyl groups is 1. The zero-order chi connectivity index (χ0) is 10.9. The minimum absolute atomic E-state index is 0.329. The van der Waals surface area contributed by atoms with Crippen molar-refractivity contribution >= 4 is 11.3 Å². The van der Waals surface area contributed by atoms with Gasteiger partial charge in [-0.1, -0.05) is 12.0 Å². The van der Waals surface area contributed by atoms with Crippen molar-refractivity contribution in [3.8, 4) is 12.3 Å². The molecule has 3 nitrogen and oxygen atoms in total. The van der Waals surface area contributed by atoms with E-state index in [1.165, 1.54) is 4.88 Å². The summed E-state index contributed by atoms with van der Waals surface area (Å²) in [5.74, 6) is 2.44. The molecule has 15 heavy (non-hydrogen) atoms. The Hall–Kier alpha value is -0.860. The third-order valence-electron chi connectivity index (χ3n) is 1.74. The maximum atomic E-state index is 9.45. The van der Waals surface area contributed by atoms with Crippen molar-refractivity contribution in [3.63, 3.8) is 0 Å². The van der Waals surface area contributed by atoms with Gasteiger partial charge in [-0.2, -0.15) is 0 Å². The molecule has 82 valence electrons. The van der Waals surface area contributed by atoms with Crippen LogP contribution in [0.15, 0.2) is 17.5 Å². The number of aliphatic hydroxyl groups excluding tert-OH is 1. The Labute approximate surface area is 94.1 Å². The van der Waals surface area contributed by atoms with E-state index in [4.69, 9.17) is 11.2 Å². The summed E-state index contributed by atoms with van der Waals surface area (Å²) >= 11 is 1.65. The Balaban J connectivity index is 2.02. The molecule has 4 heteroatoms. The highest BCUT2D eigenvalue weighted by Crippen LogP contribution is 2.09. The summed E-state index contributed by atoms with van der Waals surface area (Å²) in [5, 5.41) is 14.4. The molecule has 0 radical (unpaired) electrons.